The lowest BCUT2D eigenvalue weighted by Gasteiger charge is -2.11. The highest BCUT2D eigenvalue weighted by molar-refractivity contribution is 6.31. The van der Waals surface area contributed by atoms with Gasteiger partial charge in [0.2, 0.25) is 0 Å². The number of nitrogens with one attached hydrogen (secondary N) is 1. The van der Waals surface area contributed by atoms with Gasteiger partial charge in [0.1, 0.15) is 5.82 Å². The monoisotopic (exact) mass is 264 g/mol. The molecule has 0 atom stereocenters. The molecule has 3 N–H and O–H groups in total. The molecule has 2 rings (SSSR count). The minimum atomic E-state index is -0.236. The van der Waals surface area contributed by atoms with Crippen molar-refractivity contribution in [3.05, 3.63) is 58.4 Å². The first-order valence-corrected chi connectivity index (χ1v) is 5.98. The van der Waals surface area contributed by atoms with Gasteiger partial charge in [-0.2, -0.15) is 0 Å². The zero-order chi connectivity index (χ0) is 13.1. The molecule has 0 spiro atoms. The predicted octanol–water partition coefficient (Wildman–Crippen LogP) is 3.98. The highest BCUT2D eigenvalue weighted by Gasteiger charge is 2.03. The summed E-state index contributed by atoms with van der Waals surface area (Å²) in [5, 5.41) is 3.86. The lowest BCUT2D eigenvalue weighted by molar-refractivity contribution is 0.627. The first-order valence-electron chi connectivity index (χ1n) is 5.60. The smallest absolute Gasteiger partial charge is 0.123 e. The predicted molar refractivity (Wildman–Crippen MR) is 74.3 cm³/mol. The average Bonchev–Trinajstić information content (AvgIpc) is 2.34. The SMILES string of the molecule is Cc1cc(NCc2ccc(F)cc2)c(N)cc1Cl. The lowest BCUT2D eigenvalue weighted by atomic mass is 10.1. The van der Waals surface area contributed by atoms with Gasteiger partial charge in [-0.1, -0.05) is 23.7 Å². The largest absolute Gasteiger partial charge is 0.397 e. The van der Waals surface area contributed by atoms with Crippen molar-refractivity contribution in [3.8, 4) is 0 Å². The van der Waals surface area contributed by atoms with Crippen molar-refractivity contribution in [2.75, 3.05) is 11.1 Å². The zero-order valence-corrected chi connectivity index (χ0v) is 10.8. The second-order valence-corrected chi connectivity index (χ2v) is 4.58. The van der Waals surface area contributed by atoms with Crippen LogP contribution in [0, 0.1) is 12.7 Å². The average molecular weight is 265 g/mol. The molecule has 18 heavy (non-hydrogen) atoms. The molecule has 0 aliphatic heterocycles. The van der Waals surface area contributed by atoms with Crippen LogP contribution in [-0.4, -0.2) is 0 Å². The van der Waals surface area contributed by atoms with Crippen LogP contribution in [0.15, 0.2) is 36.4 Å². The molecule has 0 aliphatic rings. The number of hydrogen-bond acceptors (Lipinski definition) is 2. The minimum absolute atomic E-state index is 0.236. The Bertz CT molecular complexity index is 552. The zero-order valence-electron chi connectivity index (χ0n) is 10.0. The van der Waals surface area contributed by atoms with Crippen LogP contribution in [0.1, 0.15) is 11.1 Å². The topological polar surface area (TPSA) is 38.0 Å². The Labute approximate surface area is 111 Å². The van der Waals surface area contributed by atoms with Gasteiger partial charge >= 0.3 is 0 Å². The van der Waals surface area contributed by atoms with Gasteiger partial charge in [0.25, 0.3) is 0 Å². The number of rotatable bonds is 3. The van der Waals surface area contributed by atoms with Crippen LogP contribution in [0.5, 0.6) is 0 Å². The Hall–Kier alpha value is -1.74. The molecule has 0 unspecified atom stereocenters. The molecular weight excluding hydrogens is 251 g/mol. The van der Waals surface area contributed by atoms with E-state index in [9.17, 15) is 4.39 Å². The van der Waals surface area contributed by atoms with Crippen molar-refractivity contribution in [2.24, 2.45) is 0 Å². The molecule has 2 aromatic rings. The summed E-state index contributed by atoms with van der Waals surface area (Å²) < 4.78 is 12.8. The van der Waals surface area contributed by atoms with E-state index >= 15 is 0 Å². The van der Waals surface area contributed by atoms with Crippen LogP contribution >= 0.6 is 11.6 Å². The second kappa shape index (κ2) is 5.27. The van der Waals surface area contributed by atoms with E-state index in [1.807, 2.05) is 13.0 Å². The minimum Gasteiger partial charge on any atom is -0.397 e. The standard InChI is InChI=1S/C14H14ClFN2/c1-9-6-14(13(17)7-12(9)15)18-8-10-2-4-11(16)5-3-10/h2-7,18H,8,17H2,1H3. The van der Waals surface area contributed by atoms with Gasteiger partial charge in [-0.15, -0.1) is 0 Å². The molecule has 0 radical (unpaired) electrons. The number of halogens is 2. The van der Waals surface area contributed by atoms with Gasteiger partial charge in [0, 0.05) is 11.6 Å². The van der Waals surface area contributed by atoms with Gasteiger partial charge in [0.15, 0.2) is 0 Å². The van der Waals surface area contributed by atoms with Crippen molar-refractivity contribution < 1.29 is 4.39 Å². The van der Waals surface area contributed by atoms with E-state index in [4.69, 9.17) is 17.3 Å². The molecule has 0 saturated carbocycles. The molecule has 0 fully saturated rings. The van der Waals surface area contributed by atoms with E-state index in [0.717, 1.165) is 16.8 Å². The molecule has 2 nitrogen and oxygen atoms in total. The summed E-state index contributed by atoms with van der Waals surface area (Å²) in [5.41, 5.74) is 9.26. The van der Waals surface area contributed by atoms with Crippen molar-refractivity contribution in [3.63, 3.8) is 0 Å². The van der Waals surface area contributed by atoms with Gasteiger partial charge in [0.05, 0.1) is 11.4 Å². The molecule has 0 saturated heterocycles. The van der Waals surface area contributed by atoms with E-state index in [0.29, 0.717) is 17.3 Å². The number of nitrogens with two attached hydrogens (primary N) is 1. The summed E-state index contributed by atoms with van der Waals surface area (Å²) in [5.74, 6) is -0.236. The summed E-state index contributed by atoms with van der Waals surface area (Å²) in [7, 11) is 0. The Morgan fingerprint density at radius 2 is 1.89 bits per heavy atom. The summed E-state index contributed by atoms with van der Waals surface area (Å²) in [6, 6.07) is 9.98. The Morgan fingerprint density at radius 3 is 2.56 bits per heavy atom. The van der Waals surface area contributed by atoms with E-state index in [1.54, 1.807) is 18.2 Å². The van der Waals surface area contributed by atoms with Crippen molar-refractivity contribution in [1.29, 1.82) is 0 Å². The van der Waals surface area contributed by atoms with Crippen LogP contribution < -0.4 is 11.1 Å². The van der Waals surface area contributed by atoms with Gasteiger partial charge < -0.3 is 11.1 Å². The fraction of sp³-hybridized carbons (Fsp3) is 0.143. The highest BCUT2D eigenvalue weighted by atomic mass is 35.5. The Balaban J connectivity index is 2.10. The van der Waals surface area contributed by atoms with Crippen LogP contribution in [0.25, 0.3) is 0 Å². The second-order valence-electron chi connectivity index (χ2n) is 4.17. The van der Waals surface area contributed by atoms with Crippen LogP contribution in [0.2, 0.25) is 5.02 Å². The quantitative estimate of drug-likeness (QED) is 0.823. The third-order valence-electron chi connectivity index (χ3n) is 2.73. The summed E-state index contributed by atoms with van der Waals surface area (Å²) in [4.78, 5) is 0. The lowest BCUT2D eigenvalue weighted by Crippen LogP contribution is -2.03. The van der Waals surface area contributed by atoms with E-state index in [1.165, 1.54) is 12.1 Å². The molecule has 0 bridgehead atoms. The Morgan fingerprint density at radius 1 is 1.22 bits per heavy atom. The molecular formula is C14H14ClFN2. The molecule has 4 heteroatoms. The van der Waals surface area contributed by atoms with Crippen LogP contribution in [0.4, 0.5) is 15.8 Å². The third kappa shape index (κ3) is 2.93. The fourth-order valence-electron chi connectivity index (χ4n) is 1.65. The highest BCUT2D eigenvalue weighted by Crippen LogP contribution is 2.27. The number of anilines is 2. The van der Waals surface area contributed by atoms with Crippen LogP contribution in [-0.2, 0) is 6.54 Å². The van der Waals surface area contributed by atoms with Crippen molar-refractivity contribution in [2.45, 2.75) is 13.5 Å². The fourth-order valence-corrected chi connectivity index (χ4v) is 1.82. The van der Waals surface area contributed by atoms with E-state index in [-0.39, 0.29) is 5.82 Å². The first-order chi connectivity index (χ1) is 8.56. The van der Waals surface area contributed by atoms with Crippen molar-refractivity contribution in [1.82, 2.24) is 0 Å². The number of benzene rings is 2. The number of hydrogen-bond donors (Lipinski definition) is 2. The maximum Gasteiger partial charge on any atom is 0.123 e. The van der Waals surface area contributed by atoms with Gasteiger partial charge in [-0.3, -0.25) is 0 Å². The van der Waals surface area contributed by atoms with E-state index < -0.39 is 0 Å². The molecule has 2 aromatic carbocycles. The maximum atomic E-state index is 12.8. The maximum absolute atomic E-state index is 12.8. The Kier molecular flexibility index (Phi) is 3.72. The number of nitrogen functional groups attached to an aromatic ring is 1. The molecule has 0 aromatic heterocycles. The van der Waals surface area contributed by atoms with Crippen molar-refractivity contribution >= 4 is 23.0 Å². The normalized spacial score (nSPS) is 10.4. The third-order valence-corrected chi connectivity index (χ3v) is 3.13. The van der Waals surface area contributed by atoms with E-state index in [2.05, 4.69) is 5.32 Å². The van der Waals surface area contributed by atoms with Gasteiger partial charge in [-0.05, 0) is 42.3 Å². The summed E-state index contributed by atoms with van der Waals surface area (Å²) in [6.45, 7) is 2.51. The summed E-state index contributed by atoms with van der Waals surface area (Å²) >= 11 is 5.97. The molecule has 94 valence electrons. The summed E-state index contributed by atoms with van der Waals surface area (Å²) in [6.07, 6.45) is 0. The molecule has 0 aliphatic carbocycles. The number of aryl methyl sites for hydroxylation is 1. The first kappa shape index (κ1) is 12.7. The van der Waals surface area contributed by atoms with Gasteiger partial charge in [-0.25, -0.2) is 4.39 Å². The van der Waals surface area contributed by atoms with Crippen LogP contribution in [0.3, 0.4) is 0 Å². The molecule has 0 heterocycles. The molecule has 0 amide bonds.